The largest absolute Gasteiger partial charge is 0.356 e. The van der Waals surface area contributed by atoms with E-state index in [4.69, 9.17) is 0 Å². The number of piperidine rings is 1. The maximum absolute atomic E-state index is 13.0. The molecule has 0 aromatic carbocycles. The highest BCUT2D eigenvalue weighted by Crippen LogP contribution is 2.36. The summed E-state index contributed by atoms with van der Waals surface area (Å²) in [5.41, 5.74) is 1.29. The lowest BCUT2D eigenvalue weighted by molar-refractivity contribution is -0.136. The minimum absolute atomic E-state index is 0.175. The van der Waals surface area contributed by atoms with E-state index >= 15 is 0 Å². The molecule has 2 aliphatic rings. The van der Waals surface area contributed by atoms with Crippen LogP contribution in [-0.4, -0.2) is 47.0 Å². The van der Waals surface area contributed by atoms with E-state index in [1.54, 1.807) is 17.7 Å². The number of amides is 1. The number of carbonyl (C=O) groups excluding carboxylic acids is 1. The van der Waals surface area contributed by atoms with E-state index < -0.39 is 0 Å². The van der Waals surface area contributed by atoms with Gasteiger partial charge in [0, 0.05) is 37.0 Å². The van der Waals surface area contributed by atoms with Crippen molar-refractivity contribution >= 4 is 33.3 Å². The summed E-state index contributed by atoms with van der Waals surface area (Å²) in [5, 5.41) is 1.20. The molecule has 3 heterocycles. The average molecular weight is 387 g/mol. The second-order valence-corrected chi connectivity index (χ2v) is 9.35. The second-order valence-electron chi connectivity index (χ2n) is 8.15. The molecule has 1 aliphatic carbocycles. The van der Waals surface area contributed by atoms with Crippen LogP contribution in [0.4, 0.5) is 5.82 Å². The molecule has 6 heteroatoms. The number of anilines is 1. The molecule has 5 nitrogen and oxygen atoms in total. The molecule has 146 valence electrons. The number of carbonyl (C=O) groups is 1. The molecular formula is C21H30N4OS. The smallest absolute Gasteiger partial charge is 0.225 e. The van der Waals surface area contributed by atoms with Gasteiger partial charge in [-0.25, -0.2) is 9.97 Å². The van der Waals surface area contributed by atoms with Gasteiger partial charge >= 0.3 is 0 Å². The van der Waals surface area contributed by atoms with Gasteiger partial charge in [-0.2, -0.15) is 0 Å². The molecule has 0 radical (unpaired) electrons. The molecule has 2 aromatic rings. The first kappa shape index (κ1) is 18.7. The maximum atomic E-state index is 13.0. The van der Waals surface area contributed by atoms with Crippen LogP contribution < -0.4 is 4.90 Å². The summed E-state index contributed by atoms with van der Waals surface area (Å²) < 4.78 is 0. The fourth-order valence-corrected chi connectivity index (χ4v) is 5.16. The fraction of sp³-hybridized carbons (Fsp3) is 0.667. The van der Waals surface area contributed by atoms with E-state index in [-0.39, 0.29) is 5.92 Å². The molecule has 2 aromatic heterocycles. The summed E-state index contributed by atoms with van der Waals surface area (Å²) in [7, 11) is 0. The highest BCUT2D eigenvalue weighted by molar-refractivity contribution is 7.18. The minimum atomic E-state index is 0.175. The van der Waals surface area contributed by atoms with Crippen molar-refractivity contribution in [2.24, 2.45) is 11.8 Å². The Morgan fingerprint density at radius 1 is 1.22 bits per heavy atom. The number of hydrogen-bond donors (Lipinski definition) is 0. The number of aromatic nitrogens is 2. The van der Waals surface area contributed by atoms with E-state index in [0.717, 1.165) is 62.0 Å². The van der Waals surface area contributed by atoms with Crippen molar-refractivity contribution in [3.63, 3.8) is 0 Å². The van der Waals surface area contributed by atoms with Gasteiger partial charge in [-0.05, 0) is 57.4 Å². The van der Waals surface area contributed by atoms with Crippen LogP contribution in [0.15, 0.2) is 6.33 Å². The molecule has 1 amide bonds. The quantitative estimate of drug-likeness (QED) is 0.747. The average Bonchev–Trinajstić information content (AvgIpc) is 3.45. The lowest BCUT2D eigenvalue weighted by atomic mass is 9.94. The lowest BCUT2D eigenvalue weighted by Gasteiger charge is -2.35. The van der Waals surface area contributed by atoms with Crippen LogP contribution in [0.25, 0.3) is 10.2 Å². The predicted octanol–water partition coefficient (Wildman–Crippen LogP) is 4.17. The third-order valence-electron chi connectivity index (χ3n) is 6.07. The number of fused-ring (bicyclic) bond motifs is 1. The normalized spacial score (nSPS) is 18.3. The summed E-state index contributed by atoms with van der Waals surface area (Å²) in [5.74, 6) is 2.38. The molecule has 4 rings (SSSR count). The molecule has 1 aliphatic heterocycles. The Kier molecular flexibility index (Phi) is 5.35. The van der Waals surface area contributed by atoms with Crippen LogP contribution in [0.5, 0.6) is 0 Å². The van der Waals surface area contributed by atoms with Crippen LogP contribution in [0.2, 0.25) is 0 Å². The Hall–Kier alpha value is -1.69. The van der Waals surface area contributed by atoms with Crippen molar-refractivity contribution in [2.75, 3.05) is 31.1 Å². The molecule has 27 heavy (non-hydrogen) atoms. The van der Waals surface area contributed by atoms with E-state index in [1.807, 2.05) is 0 Å². The van der Waals surface area contributed by atoms with Gasteiger partial charge in [0.15, 0.2) is 0 Å². The molecule has 0 N–H and O–H groups in total. The topological polar surface area (TPSA) is 49.3 Å². The summed E-state index contributed by atoms with van der Waals surface area (Å²) in [6.07, 6.45) is 7.19. The Morgan fingerprint density at radius 3 is 2.63 bits per heavy atom. The zero-order valence-corrected chi connectivity index (χ0v) is 17.5. The number of aryl methyl sites for hydroxylation is 2. The van der Waals surface area contributed by atoms with Gasteiger partial charge < -0.3 is 9.80 Å². The Morgan fingerprint density at radius 2 is 1.96 bits per heavy atom. The van der Waals surface area contributed by atoms with Crippen LogP contribution >= 0.6 is 11.3 Å². The van der Waals surface area contributed by atoms with Crippen molar-refractivity contribution < 1.29 is 4.79 Å². The van der Waals surface area contributed by atoms with Gasteiger partial charge in [-0.3, -0.25) is 4.79 Å². The highest BCUT2D eigenvalue weighted by Gasteiger charge is 2.32. The van der Waals surface area contributed by atoms with Crippen LogP contribution in [0.3, 0.4) is 0 Å². The van der Waals surface area contributed by atoms with Crippen LogP contribution in [0.1, 0.15) is 49.5 Å². The monoisotopic (exact) mass is 386 g/mol. The molecule has 0 bridgehead atoms. The molecule has 1 saturated heterocycles. The van der Waals surface area contributed by atoms with E-state index in [2.05, 4.69) is 40.5 Å². The van der Waals surface area contributed by atoms with Crippen molar-refractivity contribution in [3.05, 3.63) is 16.8 Å². The summed E-state index contributed by atoms with van der Waals surface area (Å²) in [6, 6.07) is 0. The molecule has 0 atom stereocenters. The lowest BCUT2D eigenvalue weighted by Crippen LogP contribution is -2.43. The summed E-state index contributed by atoms with van der Waals surface area (Å²) >= 11 is 1.74. The van der Waals surface area contributed by atoms with Crippen molar-refractivity contribution in [1.29, 1.82) is 0 Å². The van der Waals surface area contributed by atoms with E-state index in [0.29, 0.717) is 5.91 Å². The van der Waals surface area contributed by atoms with Crippen LogP contribution in [0, 0.1) is 25.7 Å². The van der Waals surface area contributed by atoms with E-state index in [9.17, 15) is 4.79 Å². The SMILES string of the molecule is CCCN(CC1CC1)C(=O)C1CCN(c2ncnc3sc(C)c(C)c23)CC1. The predicted molar refractivity (Wildman–Crippen MR) is 111 cm³/mol. The first-order valence-electron chi connectivity index (χ1n) is 10.3. The second kappa shape index (κ2) is 7.74. The zero-order valence-electron chi connectivity index (χ0n) is 16.7. The standard InChI is InChI=1S/C21H30N4OS/c1-4-9-25(12-16-5-6-16)21(26)17-7-10-24(11-8-17)19-18-14(2)15(3)27-20(18)23-13-22-19/h13,16-17H,4-12H2,1-3H3. The van der Waals surface area contributed by atoms with Crippen LogP contribution in [-0.2, 0) is 4.79 Å². The Balaban J connectivity index is 1.45. The third-order valence-corrected chi connectivity index (χ3v) is 7.19. The van der Waals surface area contributed by atoms with Crippen molar-refractivity contribution in [1.82, 2.24) is 14.9 Å². The first-order chi connectivity index (χ1) is 13.1. The zero-order chi connectivity index (χ0) is 19.0. The Labute approximate surface area is 165 Å². The Bertz CT molecular complexity index is 821. The first-order valence-corrected chi connectivity index (χ1v) is 11.1. The molecule has 0 spiro atoms. The number of hydrogen-bond acceptors (Lipinski definition) is 5. The van der Waals surface area contributed by atoms with Gasteiger partial charge in [0.05, 0.1) is 5.39 Å². The van der Waals surface area contributed by atoms with Crippen molar-refractivity contribution in [3.8, 4) is 0 Å². The van der Waals surface area contributed by atoms with Gasteiger partial charge in [0.25, 0.3) is 0 Å². The minimum Gasteiger partial charge on any atom is -0.356 e. The molecule has 2 fully saturated rings. The molecular weight excluding hydrogens is 356 g/mol. The number of thiophene rings is 1. The van der Waals surface area contributed by atoms with Gasteiger partial charge in [-0.15, -0.1) is 11.3 Å². The third kappa shape index (κ3) is 3.82. The summed E-state index contributed by atoms with van der Waals surface area (Å²) in [4.78, 5) is 29.0. The van der Waals surface area contributed by atoms with Crippen molar-refractivity contribution in [2.45, 2.75) is 52.9 Å². The van der Waals surface area contributed by atoms with Gasteiger partial charge in [-0.1, -0.05) is 6.92 Å². The number of rotatable bonds is 6. The van der Waals surface area contributed by atoms with E-state index in [1.165, 1.54) is 28.7 Å². The highest BCUT2D eigenvalue weighted by atomic mass is 32.1. The summed E-state index contributed by atoms with van der Waals surface area (Å²) in [6.45, 7) is 10.2. The van der Waals surface area contributed by atoms with Gasteiger partial charge in [0.2, 0.25) is 5.91 Å². The molecule has 0 unspecified atom stereocenters. The maximum Gasteiger partial charge on any atom is 0.225 e. The number of nitrogens with zero attached hydrogens (tertiary/aromatic N) is 4. The molecule has 1 saturated carbocycles. The van der Waals surface area contributed by atoms with Gasteiger partial charge in [0.1, 0.15) is 17.0 Å². The fourth-order valence-electron chi connectivity index (χ4n) is 4.17.